The molecule has 2 heterocycles. The van der Waals surface area contributed by atoms with Gasteiger partial charge in [0.1, 0.15) is 0 Å². The number of carboxylic acid groups (broad SMARTS) is 1. The maximum atomic E-state index is 12.6. The molecule has 2 fully saturated rings. The zero-order valence-electron chi connectivity index (χ0n) is 11.8. The van der Waals surface area contributed by atoms with E-state index in [1.54, 1.807) is 4.90 Å². The summed E-state index contributed by atoms with van der Waals surface area (Å²) in [4.78, 5) is 27.4. The van der Waals surface area contributed by atoms with Crippen LogP contribution >= 0.6 is 0 Å². The first-order chi connectivity index (χ1) is 9.00. The second-order valence-electron chi connectivity index (χ2n) is 5.94. The molecule has 0 aromatic heterocycles. The number of aliphatic carboxylic acids is 1. The van der Waals surface area contributed by atoms with E-state index in [0.29, 0.717) is 19.5 Å². The summed E-state index contributed by atoms with van der Waals surface area (Å²) in [6.07, 6.45) is 4.74. The van der Waals surface area contributed by atoms with Gasteiger partial charge < -0.3 is 14.9 Å². The summed E-state index contributed by atoms with van der Waals surface area (Å²) in [7, 11) is 0. The first-order valence-corrected chi connectivity index (χ1v) is 7.30. The van der Waals surface area contributed by atoms with Crippen LogP contribution in [-0.4, -0.2) is 52.1 Å². The van der Waals surface area contributed by atoms with Crippen LogP contribution in [-0.2, 0) is 4.79 Å². The van der Waals surface area contributed by atoms with Gasteiger partial charge in [0.2, 0.25) is 0 Å². The van der Waals surface area contributed by atoms with Gasteiger partial charge in [0.15, 0.2) is 0 Å². The van der Waals surface area contributed by atoms with Crippen molar-refractivity contribution in [3.63, 3.8) is 0 Å². The minimum atomic E-state index is -0.780. The van der Waals surface area contributed by atoms with E-state index in [1.807, 2.05) is 4.90 Å². The molecule has 0 saturated carbocycles. The molecule has 2 saturated heterocycles. The first-order valence-electron chi connectivity index (χ1n) is 7.30. The van der Waals surface area contributed by atoms with Crippen LogP contribution in [0.5, 0.6) is 0 Å². The van der Waals surface area contributed by atoms with Gasteiger partial charge in [-0.15, -0.1) is 0 Å². The Bertz CT molecular complexity index is 349. The number of piperidine rings is 2. The van der Waals surface area contributed by atoms with Crippen molar-refractivity contribution in [3.8, 4) is 0 Å². The molecule has 3 unspecified atom stereocenters. The maximum absolute atomic E-state index is 12.6. The summed E-state index contributed by atoms with van der Waals surface area (Å²) in [5, 5.41) is 9.10. The fraction of sp³-hybridized carbons (Fsp3) is 0.857. The Morgan fingerprint density at radius 3 is 2.26 bits per heavy atom. The van der Waals surface area contributed by atoms with Crippen LogP contribution in [0.2, 0.25) is 0 Å². The average molecular weight is 268 g/mol. The number of amides is 2. The standard InChI is InChI=1S/C14H24N2O3/c1-10-5-3-6-11(2)16(10)14(19)15-8-4-7-12(9-15)13(17)18/h10-12H,3-9H2,1-2H3,(H,17,18). The normalized spacial score (nSPS) is 32.2. The molecule has 0 aliphatic carbocycles. The zero-order chi connectivity index (χ0) is 14.0. The van der Waals surface area contributed by atoms with Crippen molar-refractivity contribution in [1.82, 2.24) is 9.80 Å². The number of urea groups is 1. The number of carbonyl (C=O) groups is 2. The molecule has 108 valence electrons. The van der Waals surface area contributed by atoms with Gasteiger partial charge >= 0.3 is 12.0 Å². The molecule has 2 amide bonds. The Morgan fingerprint density at radius 1 is 1.05 bits per heavy atom. The first kappa shape index (κ1) is 14.2. The van der Waals surface area contributed by atoms with Crippen LogP contribution in [0.3, 0.4) is 0 Å². The molecule has 1 N–H and O–H groups in total. The molecule has 0 radical (unpaired) electrons. The lowest BCUT2D eigenvalue weighted by Gasteiger charge is -2.43. The number of nitrogens with zero attached hydrogens (tertiary/aromatic N) is 2. The third-order valence-corrected chi connectivity index (χ3v) is 4.46. The second-order valence-corrected chi connectivity index (χ2v) is 5.94. The lowest BCUT2D eigenvalue weighted by Crippen LogP contribution is -2.55. The van der Waals surface area contributed by atoms with E-state index >= 15 is 0 Å². The minimum absolute atomic E-state index is 0.0330. The van der Waals surface area contributed by atoms with E-state index in [4.69, 9.17) is 5.11 Å². The summed E-state index contributed by atoms with van der Waals surface area (Å²) < 4.78 is 0. The highest BCUT2D eigenvalue weighted by atomic mass is 16.4. The molecule has 5 nitrogen and oxygen atoms in total. The second kappa shape index (κ2) is 5.80. The quantitative estimate of drug-likeness (QED) is 0.792. The predicted molar refractivity (Wildman–Crippen MR) is 71.9 cm³/mol. The Kier molecular flexibility index (Phi) is 4.32. The summed E-state index contributed by atoms with van der Waals surface area (Å²) >= 11 is 0. The Balaban J connectivity index is 2.03. The van der Waals surface area contributed by atoms with E-state index in [9.17, 15) is 9.59 Å². The van der Waals surface area contributed by atoms with Gasteiger partial charge in [-0.25, -0.2) is 4.79 Å². The lowest BCUT2D eigenvalue weighted by atomic mass is 9.96. The molecule has 2 aliphatic rings. The van der Waals surface area contributed by atoms with E-state index in [1.165, 1.54) is 6.42 Å². The molecule has 2 aliphatic heterocycles. The molecular weight excluding hydrogens is 244 g/mol. The van der Waals surface area contributed by atoms with Crippen molar-refractivity contribution in [1.29, 1.82) is 0 Å². The Labute approximate surface area is 114 Å². The molecule has 2 rings (SSSR count). The number of carbonyl (C=O) groups excluding carboxylic acids is 1. The van der Waals surface area contributed by atoms with Crippen molar-refractivity contribution in [2.75, 3.05) is 13.1 Å². The molecule has 0 bridgehead atoms. The molecule has 3 atom stereocenters. The Hall–Kier alpha value is -1.26. The highest BCUT2D eigenvalue weighted by Crippen LogP contribution is 2.26. The number of likely N-dealkylation sites (tertiary alicyclic amines) is 2. The fourth-order valence-corrected chi connectivity index (χ4v) is 3.31. The largest absolute Gasteiger partial charge is 0.481 e. The smallest absolute Gasteiger partial charge is 0.320 e. The van der Waals surface area contributed by atoms with Gasteiger partial charge in [0.05, 0.1) is 5.92 Å². The lowest BCUT2D eigenvalue weighted by molar-refractivity contribution is -0.143. The van der Waals surface area contributed by atoms with Crippen LogP contribution in [0.1, 0.15) is 46.0 Å². The van der Waals surface area contributed by atoms with E-state index < -0.39 is 11.9 Å². The van der Waals surface area contributed by atoms with Gasteiger partial charge in [0.25, 0.3) is 0 Å². The van der Waals surface area contributed by atoms with Crippen molar-refractivity contribution in [3.05, 3.63) is 0 Å². The van der Waals surface area contributed by atoms with Gasteiger partial charge in [-0.3, -0.25) is 4.79 Å². The zero-order valence-corrected chi connectivity index (χ0v) is 11.8. The molecule has 0 aromatic carbocycles. The van der Waals surface area contributed by atoms with Gasteiger partial charge in [-0.1, -0.05) is 0 Å². The van der Waals surface area contributed by atoms with Crippen molar-refractivity contribution in [2.24, 2.45) is 5.92 Å². The van der Waals surface area contributed by atoms with E-state index in [2.05, 4.69) is 13.8 Å². The highest BCUT2D eigenvalue weighted by Gasteiger charge is 2.35. The minimum Gasteiger partial charge on any atom is -0.481 e. The van der Waals surface area contributed by atoms with Crippen molar-refractivity contribution in [2.45, 2.75) is 58.0 Å². The summed E-state index contributed by atoms with van der Waals surface area (Å²) in [5.74, 6) is -1.18. The molecule has 19 heavy (non-hydrogen) atoms. The number of rotatable bonds is 1. The van der Waals surface area contributed by atoms with Crippen LogP contribution in [0.25, 0.3) is 0 Å². The van der Waals surface area contributed by atoms with E-state index in [-0.39, 0.29) is 18.1 Å². The average Bonchev–Trinajstić information content (AvgIpc) is 2.38. The van der Waals surface area contributed by atoms with E-state index in [0.717, 1.165) is 19.3 Å². The molecule has 5 heteroatoms. The maximum Gasteiger partial charge on any atom is 0.320 e. The van der Waals surface area contributed by atoms with Crippen LogP contribution in [0.15, 0.2) is 0 Å². The number of carboxylic acids is 1. The number of hydrogen-bond acceptors (Lipinski definition) is 2. The van der Waals surface area contributed by atoms with Gasteiger partial charge in [0, 0.05) is 25.2 Å². The molecule has 0 aromatic rings. The fourth-order valence-electron chi connectivity index (χ4n) is 3.31. The van der Waals surface area contributed by atoms with Crippen LogP contribution < -0.4 is 0 Å². The molecular formula is C14H24N2O3. The third-order valence-electron chi connectivity index (χ3n) is 4.46. The highest BCUT2D eigenvalue weighted by molar-refractivity contribution is 5.77. The monoisotopic (exact) mass is 268 g/mol. The van der Waals surface area contributed by atoms with Gasteiger partial charge in [-0.2, -0.15) is 0 Å². The summed E-state index contributed by atoms with van der Waals surface area (Å²) in [6.45, 7) is 5.24. The summed E-state index contributed by atoms with van der Waals surface area (Å²) in [5.41, 5.74) is 0. The van der Waals surface area contributed by atoms with Crippen LogP contribution in [0.4, 0.5) is 4.79 Å². The summed E-state index contributed by atoms with van der Waals surface area (Å²) in [6, 6.07) is 0.563. The van der Waals surface area contributed by atoms with Gasteiger partial charge in [-0.05, 0) is 46.0 Å². The Morgan fingerprint density at radius 2 is 1.68 bits per heavy atom. The van der Waals surface area contributed by atoms with Crippen molar-refractivity contribution >= 4 is 12.0 Å². The molecule has 0 spiro atoms. The third kappa shape index (κ3) is 3.01. The predicted octanol–water partition coefficient (Wildman–Crippen LogP) is 2.17. The SMILES string of the molecule is CC1CCCC(C)N1C(=O)N1CCCC(C(=O)O)C1. The topological polar surface area (TPSA) is 60.9 Å². The van der Waals surface area contributed by atoms with Crippen LogP contribution in [0, 0.1) is 5.92 Å². The van der Waals surface area contributed by atoms with Crippen molar-refractivity contribution < 1.29 is 14.7 Å². The number of hydrogen-bond donors (Lipinski definition) is 1.